The average Bonchev–Trinajstić information content (AvgIpc) is 3.18. The van der Waals surface area contributed by atoms with Gasteiger partial charge in [0.05, 0.1) is 12.1 Å². The first kappa shape index (κ1) is 25.5. The van der Waals surface area contributed by atoms with Crippen molar-refractivity contribution in [1.29, 1.82) is 0 Å². The highest BCUT2D eigenvalue weighted by Crippen LogP contribution is 2.30. The Morgan fingerprint density at radius 2 is 2.31 bits per heavy atom. The fourth-order valence-electron chi connectivity index (χ4n) is 2.87. The molecular weight excluding hydrogens is 432 g/mol. The van der Waals surface area contributed by atoms with Gasteiger partial charge in [-0.2, -0.15) is 0 Å². The largest absolute Gasteiger partial charge is 0.481 e. The summed E-state index contributed by atoms with van der Waals surface area (Å²) in [5.41, 5.74) is 4.48. The number of carbonyl (C=O) groups excluding carboxylic acids is 1. The van der Waals surface area contributed by atoms with Crippen molar-refractivity contribution < 1.29 is 18.8 Å². The zero-order chi connectivity index (χ0) is 23.6. The molecule has 3 N–H and O–H groups in total. The Hall–Kier alpha value is -2.77. The summed E-state index contributed by atoms with van der Waals surface area (Å²) in [6.45, 7) is 6.50. The van der Waals surface area contributed by atoms with Crippen LogP contribution in [-0.2, 0) is 9.63 Å². The highest BCUT2D eigenvalue weighted by molar-refractivity contribution is 8.16. The van der Waals surface area contributed by atoms with E-state index in [0.29, 0.717) is 54.0 Å². The Bertz CT molecular complexity index is 952. The Morgan fingerprint density at radius 3 is 3.00 bits per heavy atom. The molecule has 0 aromatic carbocycles. The van der Waals surface area contributed by atoms with E-state index in [-0.39, 0.29) is 12.5 Å². The lowest BCUT2D eigenvalue weighted by Crippen LogP contribution is -2.45. The summed E-state index contributed by atoms with van der Waals surface area (Å²) in [7, 11) is 0. The van der Waals surface area contributed by atoms with Crippen LogP contribution in [0.3, 0.4) is 0 Å². The molecule has 1 aliphatic heterocycles. The van der Waals surface area contributed by atoms with Gasteiger partial charge in [0.25, 0.3) is 0 Å². The van der Waals surface area contributed by atoms with E-state index >= 15 is 0 Å². The number of amides is 1. The summed E-state index contributed by atoms with van der Waals surface area (Å²) >= 11 is 1.44. The molecule has 1 amide bonds. The number of carbonyl (C=O) groups is 1. The lowest BCUT2D eigenvalue weighted by molar-refractivity contribution is -0.125. The predicted octanol–water partition coefficient (Wildman–Crippen LogP) is 2.25. The van der Waals surface area contributed by atoms with Crippen LogP contribution in [0.2, 0.25) is 0 Å². The summed E-state index contributed by atoms with van der Waals surface area (Å²) in [4.78, 5) is 34.9. The van der Waals surface area contributed by atoms with Crippen molar-refractivity contribution >= 4 is 28.4 Å². The summed E-state index contributed by atoms with van der Waals surface area (Å²) < 4.78 is 10.7. The first-order chi connectivity index (χ1) is 15.3. The molecule has 9 nitrogen and oxygen atoms in total. The van der Waals surface area contributed by atoms with E-state index in [1.54, 1.807) is 19.9 Å². The van der Waals surface area contributed by atoms with Gasteiger partial charge < -0.3 is 25.0 Å². The zero-order valence-corrected chi connectivity index (χ0v) is 19.5. The van der Waals surface area contributed by atoms with Gasteiger partial charge in [0.2, 0.25) is 5.91 Å². The molecule has 1 aromatic rings. The van der Waals surface area contributed by atoms with Crippen LogP contribution in [0.4, 0.5) is 0 Å². The highest BCUT2D eigenvalue weighted by Gasteiger charge is 2.40. The number of terminal acetylenes is 1. The van der Waals surface area contributed by atoms with Crippen LogP contribution in [0.1, 0.15) is 51.8 Å². The van der Waals surface area contributed by atoms with Crippen molar-refractivity contribution in [2.45, 2.75) is 51.6 Å². The first-order valence-electron chi connectivity index (χ1n) is 10.4. The molecule has 0 saturated heterocycles. The van der Waals surface area contributed by atoms with E-state index in [2.05, 4.69) is 21.4 Å². The van der Waals surface area contributed by atoms with E-state index in [4.69, 9.17) is 26.1 Å². The van der Waals surface area contributed by atoms with Crippen molar-refractivity contribution in [3.05, 3.63) is 28.3 Å². The molecule has 0 aliphatic carbocycles. The Balaban J connectivity index is 2.16. The van der Waals surface area contributed by atoms with Gasteiger partial charge in [0.1, 0.15) is 41.0 Å². The van der Waals surface area contributed by atoms with E-state index in [1.807, 2.05) is 6.92 Å². The van der Waals surface area contributed by atoms with Crippen LogP contribution >= 0.6 is 11.8 Å². The van der Waals surface area contributed by atoms with Gasteiger partial charge >= 0.3 is 5.63 Å². The zero-order valence-electron chi connectivity index (χ0n) is 18.7. The molecule has 0 fully saturated rings. The average molecular weight is 463 g/mol. The number of thioether (sulfide) groups is 1. The van der Waals surface area contributed by atoms with E-state index in [0.717, 1.165) is 6.42 Å². The molecule has 1 aromatic heterocycles. The first-order valence-corrected chi connectivity index (χ1v) is 11.4. The summed E-state index contributed by atoms with van der Waals surface area (Å²) in [5, 5.41) is 7.68. The lowest BCUT2D eigenvalue weighted by atomic mass is 10.0. The lowest BCUT2D eigenvalue weighted by Gasteiger charge is -2.24. The van der Waals surface area contributed by atoms with Crippen LogP contribution in [0.15, 0.2) is 31.5 Å². The van der Waals surface area contributed by atoms with Gasteiger partial charge in [-0.05, 0) is 33.2 Å². The molecule has 2 heterocycles. The van der Waals surface area contributed by atoms with Crippen LogP contribution in [0.25, 0.3) is 0 Å². The number of hydrogen-bond acceptors (Lipinski definition) is 9. The molecule has 2 unspecified atom stereocenters. The molecule has 0 radical (unpaired) electrons. The third kappa shape index (κ3) is 7.14. The second kappa shape index (κ2) is 12.3. The van der Waals surface area contributed by atoms with Crippen molar-refractivity contribution in [3.8, 4) is 18.1 Å². The molecule has 10 heteroatoms. The van der Waals surface area contributed by atoms with Gasteiger partial charge in [-0.15, -0.1) is 18.2 Å². The van der Waals surface area contributed by atoms with Gasteiger partial charge in [-0.1, -0.05) is 24.4 Å². The molecule has 0 spiro atoms. The third-order valence-electron chi connectivity index (χ3n) is 4.59. The van der Waals surface area contributed by atoms with Crippen molar-refractivity contribution in [3.63, 3.8) is 0 Å². The van der Waals surface area contributed by atoms with Crippen LogP contribution < -0.4 is 21.4 Å². The van der Waals surface area contributed by atoms with Crippen molar-refractivity contribution in [2.75, 3.05) is 25.5 Å². The highest BCUT2D eigenvalue weighted by atomic mass is 32.2. The Labute approximate surface area is 192 Å². The van der Waals surface area contributed by atoms with E-state index < -0.39 is 17.2 Å². The molecule has 2 atom stereocenters. The number of aliphatic imine (C=N–C) groups is 1. The fourth-order valence-corrected chi connectivity index (χ4v) is 4.00. The number of ether oxygens (including phenoxy) is 1. The maximum Gasteiger partial charge on any atom is 0.339 e. The van der Waals surface area contributed by atoms with Crippen LogP contribution in [0.5, 0.6) is 5.75 Å². The number of nitrogens with two attached hydrogens (primary N) is 1. The number of nitrogens with one attached hydrogen (secondary N) is 1. The van der Waals surface area contributed by atoms with Gasteiger partial charge in [0, 0.05) is 11.8 Å². The molecule has 0 saturated carbocycles. The molecular formula is C22H30N4O5S. The summed E-state index contributed by atoms with van der Waals surface area (Å²) in [5.74, 6) is 3.15. The topological polar surface area (TPSA) is 129 Å². The van der Waals surface area contributed by atoms with E-state index in [9.17, 15) is 9.59 Å². The summed E-state index contributed by atoms with van der Waals surface area (Å²) in [6.07, 6.45) is 7.25. The Morgan fingerprint density at radius 1 is 1.53 bits per heavy atom. The summed E-state index contributed by atoms with van der Waals surface area (Å²) in [6, 6.07) is 2.29. The minimum absolute atomic E-state index is 0.0251. The minimum Gasteiger partial charge on any atom is -0.481 e. The molecule has 1 aliphatic rings. The maximum absolute atomic E-state index is 13.1. The van der Waals surface area contributed by atoms with E-state index in [1.165, 1.54) is 17.8 Å². The molecule has 32 heavy (non-hydrogen) atoms. The van der Waals surface area contributed by atoms with Crippen LogP contribution in [0, 0.1) is 12.3 Å². The molecule has 0 bridgehead atoms. The third-order valence-corrected chi connectivity index (χ3v) is 5.96. The SMILES string of the molecule is C#CCOc1cc(C(CCC)NC(=O)C2(C)CSC(/C(C)=N/OCCCN)=N2)oc(=O)c1. The van der Waals surface area contributed by atoms with Gasteiger partial charge in [-0.3, -0.25) is 9.79 Å². The number of oxime groups is 1. The second-order valence-electron chi connectivity index (χ2n) is 7.45. The number of hydrogen-bond donors (Lipinski definition) is 2. The normalized spacial score (nSPS) is 19.1. The van der Waals surface area contributed by atoms with Crippen molar-refractivity contribution in [1.82, 2.24) is 5.32 Å². The fraction of sp³-hybridized carbons (Fsp3) is 0.545. The smallest absolute Gasteiger partial charge is 0.339 e. The molecule has 174 valence electrons. The van der Waals surface area contributed by atoms with Crippen LogP contribution in [-0.4, -0.2) is 47.7 Å². The Kier molecular flexibility index (Phi) is 9.81. The number of rotatable bonds is 12. The monoisotopic (exact) mass is 462 g/mol. The predicted molar refractivity (Wildman–Crippen MR) is 126 cm³/mol. The standard InChI is InChI=1S/C22H30N4O5S/c1-5-8-17(18-12-16(29-10-6-2)13-19(27)31-18)24-21(28)22(4)14-32-20(25-22)15(3)26-30-11-7-9-23/h2,12-13,17H,5,7-11,14,23H2,1,3-4H3,(H,24,28)/b26-15+. The molecule has 2 rings (SSSR count). The van der Waals surface area contributed by atoms with Crippen molar-refractivity contribution in [2.24, 2.45) is 15.9 Å². The minimum atomic E-state index is -0.988. The number of nitrogens with zero attached hydrogens (tertiary/aromatic N) is 2. The second-order valence-corrected chi connectivity index (χ2v) is 8.42. The van der Waals surface area contributed by atoms with Gasteiger partial charge in [-0.25, -0.2) is 4.79 Å². The van der Waals surface area contributed by atoms with Gasteiger partial charge in [0.15, 0.2) is 0 Å². The quantitative estimate of drug-likeness (QED) is 0.211. The maximum atomic E-state index is 13.1.